The highest BCUT2D eigenvalue weighted by molar-refractivity contribution is 5.95. The molecule has 0 aliphatic heterocycles. The zero-order chi connectivity index (χ0) is 13.1. The molecule has 0 aliphatic rings. The quantitative estimate of drug-likeness (QED) is 0.788. The van der Waals surface area contributed by atoms with Crippen molar-refractivity contribution >= 4 is 11.6 Å². The van der Waals surface area contributed by atoms with E-state index < -0.39 is 0 Å². The predicted molar refractivity (Wildman–Crippen MR) is 69.2 cm³/mol. The number of methoxy groups -OCH3 is 1. The summed E-state index contributed by atoms with van der Waals surface area (Å²) < 4.78 is 5.09. The molecule has 0 aromatic heterocycles. The van der Waals surface area contributed by atoms with Crippen molar-refractivity contribution in [1.29, 1.82) is 0 Å². The summed E-state index contributed by atoms with van der Waals surface area (Å²) in [5.74, 6) is 0.405. The molecule has 0 aliphatic carbocycles. The number of hydrogen-bond acceptors (Lipinski definition) is 3. The fourth-order valence-corrected chi connectivity index (χ4v) is 1.32. The lowest BCUT2D eigenvalue weighted by atomic mass is 10.0. The molecule has 94 valence electrons. The number of nitrogens with one attached hydrogen (secondary N) is 1. The number of amides is 1. The van der Waals surface area contributed by atoms with Gasteiger partial charge in [0.2, 0.25) is 0 Å². The van der Waals surface area contributed by atoms with Gasteiger partial charge in [0.1, 0.15) is 5.75 Å². The number of rotatable bonds is 4. The zero-order valence-electron chi connectivity index (χ0n) is 10.8. The molecule has 4 nitrogen and oxygen atoms in total. The molecule has 0 spiro atoms. The minimum Gasteiger partial charge on any atom is -0.495 e. The van der Waals surface area contributed by atoms with E-state index in [1.807, 2.05) is 20.8 Å². The molecule has 3 N–H and O–H groups in total. The van der Waals surface area contributed by atoms with Crippen LogP contribution in [-0.2, 0) is 0 Å². The Balaban J connectivity index is 2.90. The predicted octanol–water partition coefficient (Wildman–Crippen LogP) is 2.20. The first-order valence-corrected chi connectivity index (χ1v) is 5.65. The van der Waals surface area contributed by atoms with Gasteiger partial charge in [0.15, 0.2) is 0 Å². The Morgan fingerprint density at radius 3 is 2.65 bits per heavy atom. The smallest absolute Gasteiger partial charge is 0.251 e. The fourth-order valence-electron chi connectivity index (χ4n) is 1.32. The second-order valence-electron chi connectivity index (χ2n) is 4.65. The number of ether oxygens (including phenoxy) is 1. The van der Waals surface area contributed by atoms with Crippen molar-refractivity contribution in [3.63, 3.8) is 0 Å². The van der Waals surface area contributed by atoms with Crippen molar-refractivity contribution in [3.8, 4) is 5.75 Å². The maximum atomic E-state index is 12.0. The number of carbonyl (C=O) groups excluding carboxylic acids is 1. The fraction of sp³-hybridized carbons (Fsp3) is 0.462. The Kier molecular flexibility index (Phi) is 3.99. The van der Waals surface area contributed by atoms with Crippen molar-refractivity contribution in [2.75, 3.05) is 12.8 Å². The average molecular weight is 236 g/mol. The van der Waals surface area contributed by atoms with E-state index in [4.69, 9.17) is 10.5 Å². The first-order chi connectivity index (χ1) is 7.89. The first kappa shape index (κ1) is 13.4. The van der Waals surface area contributed by atoms with Crippen LogP contribution in [0.4, 0.5) is 5.69 Å². The molecular weight excluding hydrogens is 216 g/mol. The van der Waals surface area contributed by atoms with Crippen LogP contribution in [0.15, 0.2) is 18.2 Å². The Morgan fingerprint density at radius 1 is 1.47 bits per heavy atom. The number of anilines is 1. The zero-order valence-corrected chi connectivity index (χ0v) is 10.8. The third-order valence-electron chi connectivity index (χ3n) is 2.83. The molecule has 1 rings (SSSR count). The lowest BCUT2D eigenvalue weighted by molar-refractivity contribution is 0.0911. The first-order valence-electron chi connectivity index (χ1n) is 5.65. The van der Waals surface area contributed by atoms with E-state index in [1.165, 1.54) is 7.11 Å². The number of carbonyl (C=O) groups is 1. The van der Waals surface area contributed by atoms with Gasteiger partial charge in [-0.2, -0.15) is 0 Å². The van der Waals surface area contributed by atoms with E-state index in [0.29, 0.717) is 17.0 Å². The minimum absolute atomic E-state index is 0.116. The molecule has 0 saturated heterocycles. The Bertz CT molecular complexity index is 414. The standard InChI is InChI=1S/C13H20N2O2/c1-5-13(2,3)15-12(16)9-6-7-10(14)11(8-9)17-4/h6-8H,5,14H2,1-4H3,(H,15,16). The summed E-state index contributed by atoms with van der Waals surface area (Å²) in [6.07, 6.45) is 0.866. The Hall–Kier alpha value is -1.71. The molecule has 0 fully saturated rings. The molecule has 0 saturated carbocycles. The highest BCUT2D eigenvalue weighted by atomic mass is 16.5. The molecule has 0 heterocycles. The van der Waals surface area contributed by atoms with E-state index in [-0.39, 0.29) is 11.4 Å². The number of hydrogen-bond donors (Lipinski definition) is 2. The number of benzene rings is 1. The molecule has 0 bridgehead atoms. The molecular formula is C13H20N2O2. The van der Waals surface area contributed by atoms with Gasteiger partial charge in [0.25, 0.3) is 5.91 Å². The molecule has 1 aromatic carbocycles. The SMILES string of the molecule is CCC(C)(C)NC(=O)c1ccc(N)c(OC)c1. The molecule has 0 unspecified atom stereocenters. The van der Waals surface area contributed by atoms with Gasteiger partial charge in [0.05, 0.1) is 12.8 Å². The van der Waals surface area contributed by atoms with Crippen LogP contribution in [0.1, 0.15) is 37.6 Å². The van der Waals surface area contributed by atoms with Crippen molar-refractivity contribution < 1.29 is 9.53 Å². The molecule has 1 amide bonds. The van der Waals surface area contributed by atoms with Gasteiger partial charge in [-0.1, -0.05) is 6.92 Å². The molecule has 0 radical (unpaired) electrons. The van der Waals surface area contributed by atoms with Gasteiger partial charge in [-0.15, -0.1) is 0 Å². The van der Waals surface area contributed by atoms with E-state index in [2.05, 4.69) is 5.32 Å². The topological polar surface area (TPSA) is 64.4 Å². The summed E-state index contributed by atoms with van der Waals surface area (Å²) in [6.45, 7) is 6.00. The summed E-state index contributed by atoms with van der Waals surface area (Å²) >= 11 is 0. The molecule has 4 heteroatoms. The van der Waals surface area contributed by atoms with E-state index in [1.54, 1.807) is 18.2 Å². The van der Waals surface area contributed by atoms with Crippen LogP contribution >= 0.6 is 0 Å². The van der Waals surface area contributed by atoms with Gasteiger partial charge in [-0.3, -0.25) is 4.79 Å². The van der Waals surface area contributed by atoms with Crippen LogP contribution in [0.25, 0.3) is 0 Å². The molecule has 1 aromatic rings. The Labute approximate surface area is 102 Å². The lowest BCUT2D eigenvalue weighted by Gasteiger charge is -2.24. The summed E-state index contributed by atoms with van der Waals surface area (Å²) in [6, 6.07) is 5.02. The molecule has 17 heavy (non-hydrogen) atoms. The van der Waals surface area contributed by atoms with E-state index >= 15 is 0 Å². The monoisotopic (exact) mass is 236 g/mol. The summed E-state index contributed by atoms with van der Waals surface area (Å²) in [5, 5.41) is 2.96. The van der Waals surface area contributed by atoms with Gasteiger partial charge < -0.3 is 15.8 Å². The second-order valence-corrected chi connectivity index (χ2v) is 4.65. The van der Waals surface area contributed by atoms with Crippen LogP contribution in [0.5, 0.6) is 5.75 Å². The van der Waals surface area contributed by atoms with Gasteiger partial charge >= 0.3 is 0 Å². The van der Waals surface area contributed by atoms with E-state index in [9.17, 15) is 4.79 Å². The van der Waals surface area contributed by atoms with Gasteiger partial charge in [-0.25, -0.2) is 0 Å². The highest BCUT2D eigenvalue weighted by Crippen LogP contribution is 2.22. The number of nitrogen functional groups attached to an aromatic ring is 1. The maximum absolute atomic E-state index is 12.0. The number of nitrogens with two attached hydrogens (primary N) is 1. The minimum atomic E-state index is -0.217. The van der Waals surface area contributed by atoms with Crippen molar-refractivity contribution in [1.82, 2.24) is 5.32 Å². The van der Waals surface area contributed by atoms with Crippen LogP contribution in [-0.4, -0.2) is 18.6 Å². The van der Waals surface area contributed by atoms with Crippen molar-refractivity contribution in [2.45, 2.75) is 32.7 Å². The highest BCUT2D eigenvalue weighted by Gasteiger charge is 2.19. The third kappa shape index (κ3) is 3.37. The Morgan fingerprint density at radius 2 is 2.12 bits per heavy atom. The van der Waals surface area contributed by atoms with Crippen molar-refractivity contribution in [3.05, 3.63) is 23.8 Å². The summed E-state index contributed by atoms with van der Waals surface area (Å²) in [4.78, 5) is 12.0. The van der Waals surface area contributed by atoms with Gasteiger partial charge in [-0.05, 0) is 38.5 Å². The maximum Gasteiger partial charge on any atom is 0.251 e. The normalized spacial score (nSPS) is 11.1. The van der Waals surface area contributed by atoms with Crippen LogP contribution in [0, 0.1) is 0 Å². The largest absolute Gasteiger partial charge is 0.495 e. The third-order valence-corrected chi connectivity index (χ3v) is 2.83. The van der Waals surface area contributed by atoms with Gasteiger partial charge in [0, 0.05) is 11.1 Å². The lowest BCUT2D eigenvalue weighted by Crippen LogP contribution is -2.42. The summed E-state index contributed by atoms with van der Waals surface area (Å²) in [7, 11) is 1.53. The average Bonchev–Trinajstić information content (AvgIpc) is 2.29. The van der Waals surface area contributed by atoms with Crippen LogP contribution in [0.2, 0.25) is 0 Å². The molecule has 0 atom stereocenters. The van der Waals surface area contributed by atoms with Crippen molar-refractivity contribution in [2.24, 2.45) is 0 Å². The van der Waals surface area contributed by atoms with E-state index in [0.717, 1.165) is 6.42 Å². The van der Waals surface area contributed by atoms with Crippen LogP contribution < -0.4 is 15.8 Å². The summed E-state index contributed by atoms with van der Waals surface area (Å²) in [5.41, 5.74) is 6.56. The van der Waals surface area contributed by atoms with Crippen LogP contribution in [0.3, 0.4) is 0 Å². The second kappa shape index (κ2) is 5.08.